The summed E-state index contributed by atoms with van der Waals surface area (Å²) in [5, 5.41) is 0. The highest BCUT2D eigenvalue weighted by Gasteiger charge is 2.39. The topological polar surface area (TPSA) is 24.3 Å². The zero-order valence-corrected chi connectivity index (χ0v) is 17.1. The van der Waals surface area contributed by atoms with Gasteiger partial charge in [-0.1, -0.05) is 42.5 Å². The third kappa shape index (κ3) is 3.38. The molecule has 0 radical (unpaired) electrons. The van der Waals surface area contributed by atoms with Gasteiger partial charge in [0.05, 0.1) is 17.1 Å². The van der Waals surface area contributed by atoms with Crippen LogP contribution in [0.1, 0.15) is 49.0 Å². The predicted molar refractivity (Wildman–Crippen MR) is 117 cm³/mol. The average molecular weight is 387 g/mol. The molecule has 0 bridgehead atoms. The van der Waals surface area contributed by atoms with Gasteiger partial charge in [-0.3, -0.25) is 9.80 Å². The lowest BCUT2D eigenvalue weighted by molar-refractivity contribution is 0.0237. The van der Waals surface area contributed by atoms with Crippen LogP contribution in [0, 0.1) is 0 Å². The lowest BCUT2D eigenvalue weighted by Crippen LogP contribution is -2.55. The summed E-state index contributed by atoms with van der Waals surface area (Å²) in [5.41, 5.74) is 3.97. The zero-order chi connectivity index (χ0) is 19.2. The number of para-hydroxylation sites is 2. The SMILES string of the molecule is c1ccc(CN2CCC(N3CC(n4c(C5CC5)nc5ccccc54)C3)CC2)cc1. The average Bonchev–Trinajstić information content (AvgIpc) is 3.51. The molecule has 3 fully saturated rings. The normalized spacial score (nSPS) is 22.2. The van der Waals surface area contributed by atoms with E-state index in [1.807, 2.05) is 0 Å². The van der Waals surface area contributed by atoms with E-state index in [-0.39, 0.29) is 0 Å². The van der Waals surface area contributed by atoms with E-state index in [2.05, 4.69) is 69.0 Å². The van der Waals surface area contributed by atoms with Crippen molar-refractivity contribution in [3.8, 4) is 0 Å². The van der Waals surface area contributed by atoms with E-state index in [4.69, 9.17) is 4.98 Å². The number of aromatic nitrogens is 2. The smallest absolute Gasteiger partial charge is 0.113 e. The molecule has 0 unspecified atom stereocenters. The van der Waals surface area contributed by atoms with Gasteiger partial charge >= 0.3 is 0 Å². The second kappa shape index (κ2) is 7.26. The van der Waals surface area contributed by atoms with Gasteiger partial charge in [0.15, 0.2) is 0 Å². The van der Waals surface area contributed by atoms with Crippen LogP contribution in [0.3, 0.4) is 0 Å². The largest absolute Gasteiger partial charge is 0.322 e. The molecule has 1 aliphatic carbocycles. The fourth-order valence-corrected chi connectivity index (χ4v) is 5.31. The fourth-order valence-electron chi connectivity index (χ4n) is 5.31. The molecular weight excluding hydrogens is 356 g/mol. The number of imidazole rings is 1. The summed E-state index contributed by atoms with van der Waals surface area (Å²) < 4.78 is 2.59. The van der Waals surface area contributed by atoms with Crippen LogP contribution in [0.5, 0.6) is 0 Å². The molecule has 0 atom stereocenters. The van der Waals surface area contributed by atoms with Gasteiger partial charge in [-0.25, -0.2) is 4.98 Å². The number of hydrogen-bond donors (Lipinski definition) is 0. The van der Waals surface area contributed by atoms with Gasteiger partial charge in [-0.15, -0.1) is 0 Å². The fraction of sp³-hybridized carbons (Fsp3) is 0.480. The Balaban J connectivity index is 1.09. The van der Waals surface area contributed by atoms with E-state index in [1.165, 1.54) is 74.3 Å². The number of hydrogen-bond acceptors (Lipinski definition) is 3. The molecule has 2 aromatic carbocycles. The minimum absolute atomic E-state index is 0.611. The summed E-state index contributed by atoms with van der Waals surface area (Å²) in [6.07, 6.45) is 5.25. The van der Waals surface area contributed by atoms with Crippen molar-refractivity contribution in [3.05, 3.63) is 66.0 Å². The Morgan fingerprint density at radius 3 is 2.28 bits per heavy atom. The minimum Gasteiger partial charge on any atom is -0.322 e. The third-order valence-electron chi connectivity index (χ3n) is 7.14. The van der Waals surface area contributed by atoms with Gasteiger partial charge in [0.25, 0.3) is 0 Å². The highest BCUT2D eigenvalue weighted by atomic mass is 15.3. The Labute approximate surface area is 173 Å². The van der Waals surface area contributed by atoms with Crippen molar-refractivity contribution in [2.45, 2.75) is 50.2 Å². The number of rotatable bonds is 5. The number of nitrogens with zero attached hydrogens (tertiary/aromatic N) is 4. The summed E-state index contributed by atoms with van der Waals surface area (Å²) in [6, 6.07) is 21.0. The van der Waals surface area contributed by atoms with Crippen molar-refractivity contribution in [2.24, 2.45) is 0 Å². The molecule has 2 aliphatic heterocycles. The van der Waals surface area contributed by atoms with Crippen LogP contribution in [-0.4, -0.2) is 51.6 Å². The van der Waals surface area contributed by atoms with Crippen molar-refractivity contribution < 1.29 is 0 Å². The molecule has 29 heavy (non-hydrogen) atoms. The quantitative estimate of drug-likeness (QED) is 0.648. The second-order valence-corrected chi connectivity index (χ2v) is 9.20. The second-order valence-electron chi connectivity index (χ2n) is 9.20. The Morgan fingerprint density at radius 2 is 1.52 bits per heavy atom. The van der Waals surface area contributed by atoms with Gasteiger partial charge in [-0.05, 0) is 56.5 Å². The first-order valence-electron chi connectivity index (χ1n) is 11.3. The standard InChI is InChI=1S/C25H30N4/c1-2-6-19(7-3-1)16-27-14-12-21(13-15-27)28-17-22(18-28)29-24-9-5-4-8-23(24)26-25(29)20-10-11-20/h1-9,20-22H,10-18H2. The molecule has 3 heterocycles. The molecule has 1 aromatic heterocycles. The lowest BCUT2D eigenvalue weighted by Gasteiger charge is -2.48. The maximum atomic E-state index is 5.00. The lowest BCUT2D eigenvalue weighted by atomic mass is 9.96. The van der Waals surface area contributed by atoms with Crippen molar-refractivity contribution >= 4 is 11.0 Å². The van der Waals surface area contributed by atoms with E-state index >= 15 is 0 Å². The molecular formula is C25H30N4. The van der Waals surface area contributed by atoms with Gasteiger partial charge in [0.2, 0.25) is 0 Å². The van der Waals surface area contributed by atoms with Gasteiger partial charge < -0.3 is 4.57 Å². The van der Waals surface area contributed by atoms with Crippen molar-refractivity contribution in [2.75, 3.05) is 26.2 Å². The van der Waals surface area contributed by atoms with Gasteiger partial charge in [-0.2, -0.15) is 0 Å². The molecule has 0 amide bonds. The Bertz CT molecular complexity index is 976. The molecule has 0 spiro atoms. The predicted octanol–water partition coefficient (Wildman–Crippen LogP) is 4.44. The first-order valence-corrected chi connectivity index (χ1v) is 11.3. The van der Waals surface area contributed by atoms with Crippen molar-refractivity contribution in [3.63, 3.8) is 0 Å². The Hall–Kier alpha value is -2.17. The van der Waals surface area contributed by atoms with Crippen molar-refractivity contribution in [1.82, 2.24) is 19.4 Å². The third-order valence-corrected chi connectivity index (χ3v) is 7.14. The van der Waals surface area contributed by atoms with Crippen LogP contribution < -0.4 is 0 Å². The summed E-state index contributed by atoms with van der Waals surface area (Å²) in [6.45, 7) is 5.94. The number of fused-ring (bicyclic) bond motifs is 1. The molecule has 3 aliphatic rings. The molecule has 2 saturated heterocycles. The molecule has 150 valence electrons. The number of likely N-dealkylation sites (tertiary alicyclic amines) is 2. The highest BCUT2D eigenvalue weighted by molar-refractivity contribution is 5.76. The van der Waals surface area contributed by atoms with E-state index < -0.39 is 0 Å². The number of piperidine rings is 1. The zero-order valence-electron chi connectivity index (χ0n) is 17.1. The maximum Gasteiger partial charge on any atom is 0.113 e. The molecule has 4 nitrogen and oxygen atoms in total. The first-order chi connectivity index (χ1) is 14.3. The van der Waals surface area contributed by atoms with Gasteiger partial charge in [0.1, 0.15) is 5.82 Å². The van der Waals surface area contributed by atoms with Crippen LogP contribution in [-0.2, 0) is 6.54 Å². The highest BCUT2D eigenvalue weighted by Crippen LogP contribution is 2.43. The van der Waals surface area contributed by atoms with E-state index in [0.717, 1.165) is 12.6 Å². The monoisotopic (exact) mass is 386 g/mol. The summed E-state index contributed by atoms with van der Waals surface area (Å²) in [7, 11) is 0. The van der Waals surface area contributed by atoms with Gasteiger partial charge in [0, 0.05) is 31.6 Å². The van der Waals surface area contributed by atoms with Crippen LogP contribution in [0.15, 0.2) is 54.6 Å². The van der Waals surface area contributed by atoms with Crippen molar-refractivity contribution in [1.29, 1.82) is 0 Å². The van der Waals surface area contributed by atoms with Crippen LogP contribution in [0.2, 0.25) is 0 Å². The van der Waals surface area contributed by atoms with E-state index in [9.17, 15) is 0 Å². The number of benzene rings is 2. The van der Waals surface area contributed by atoms with Crippen LogP contribution >= 0.6 is 0 Å². The summed E-state index contributed by atoms with van der Waals surface area (Å²) >= 11 is 0. The molecule has 3 aromatic rings. The van der Waals surface area contributed by atoms with Crippen LogP contribution in [0.4, 0.5) is 0 Å². The summed E-state index contributed by atoms with van der Waals surface area (Å²) in [4.78, 5) is 10.4. The molecule has 1 saturated carbocycles. The summed E-state index contributed by atoms with van der Waals surface area (Å²) in [5.74, 6) is 2.06. The van der Waals surface area contributed by atoms with E-state index in [1.54, 1.807) is 0 Å². The molecule has 0 N–H and O–H groups in total. The molecule has 4 heteroatoms. The van der Waals surface area contributed by atoms with Crippen LogP contribution in [0.25, 0.3) is 11.0 Å². The minimum atomic E-state index is 0.611. The molecule has 6 rings (SSSR count). The Morgan fingerprint density at radius 1 is 0.793 bits per heavy atom. The Kier molecular flexibility index (Phi) is 4.42. The first kappa shape index (κ1) is 17.7. The van der Waals surface area contributed by atoms with E-state index in [0.29, 0.717) is 12.0 Å². The maximum absolute atomic E-state index is 5.00.